The highest BCUT2D eigenvalue weighted by atomic mass is 19.1. The van der Waals surface area contributed by atoms with Crippen molar-refractivity contribution in [3.05, 3.63) is 65.5 Å². The lowest BCUT2D eigenvalue weighted by Crippen LogP contribution is -2.42. The number of hydrogen-bond acceptors (Lipinski definition) is 3. The van der Waals surface area contributed by atoms with Gasteiger partial charge in [-0.05, 0) is 55.2 Å². The summed E-state index contributed by atoms with van der Waals surface area (Å²) >= 11 is 0. The first-order chi connectivity index (χ1) is 14.6. The number of piperidine rings is 1. The Bertz CT molecular complexity index is 909. The number of benzene rings is 2. The lowest BCUT2D eigenvalue weighted by molar-refractivity contribution is -0.136. The van der Waals surface area contributed by atoms with Gasteiger partial charge in [-0.25, -0.2) is 4.39 Å². The molecule has 0 radical (unpaired) electrons. The summed E-state index contributed by atoms with van der Waals surface area (Å²) in [5.41, 5.74) is 1.38. The molecule has 2 aromatic carbocycles. The van der Waals surface area contributed by atoms with E-state index in [0.29, 0.717) is 18.7 Å². The minimum atomic E-state index is -0.377. The van der Waals surface area contributed by atoms with Gasteiger partial charge in [-0.2, -0.15) is 0 Å². The van der Waals surface area contributed by atoms with Crippen LogP contribution in [0.25, 0.3) is 0 Å². The zero-order valence-corrected chi connectivity index (χ0v) is 17.2. The molecule has 2 amide bonds. The van der Waals surface area contributed by atoms with E-state index in [2.05, 4.69) is 0 Å². The topological polar surface area (TPSA) is 49.9 Å². The summed E-state index contributed by atoms with van der Waals surface area (Å²) in [6.45, 7) is 2.34. The molecule has 2 unspecified atom stereocenters. The number of amides is 2. The summed E-state index contributed by atoms with van der Waals surface area (Å²) in [5, 5.41) is 0. The van der Waals surface area contributed by atoms with Gasteiger partial charge in [0.15, 0.2) is 0 Å². The van der Waals surface area contributed by atoms with E-state index < -0.39 is 0 Å². The fraction of sp³-hybridized carbons (Fsp3) is 0.417. The molecule has 2 aliphatic heterocycles. The maximum absolute atomic E-state index is 13.4. The van der Waals surface area contributed by atoms with Gasteiger partial charge in [0.2, 0.25) is 5.91 Å². The zero-order chi connectivity index (χ0) is 21.1. The molecule has 2 saturated heterocycles. The summed E-state index contributed by atoms with van der Waals surface area (Å²) in [6.07, 6.45) is 3.20. The SMILES string of the molecule is COc1ccccc1C1CN(C(=O)c2ccc(F)cc2)CC1C(=O)N1CCCCC1. The third-order valence-electron chi connectivity index (χ3n) is 6.22. The fourth-order valence-electron chi connectivity index (χ4n) is 4.63. The Hall–Kier alpha value is -2.89. The molecule has 4 rings (SSSR count). The second kappa shape index (κ2) is 8.86. The molecule has 0 N–H and O–H groups in total. The molecule has 2 atom stereocenters. The van der Waals surface area contributed by atoms with Crippen LogP contribution in [-0.4, -0.2) is 54.9 Å². The lowest BCUT2D eigenvalue weighted by Gasteiger charge is -2.31. The van der Waals surface area contributed by atoms with Gasteiger partial charge in [-0.1, -0.05) is 18.2 Å². The van der Waals surface area contributed by atoms with E-state index in [0.717, 1.165) is 43.7 Å². The van der Waals surface area contributed by atoms with Crippen LogP contribution in [0.3, 0.4) is 0 Å². The third kappa shape index (κ3) is 4.04. The second-order valence-corrected chi connectivity index (χ2v) is 8.06. The average molecular weight is 410 g/mol. The number of methoxy groups -OCH3 is 1. The number of hydrogen-bond donors (Lipinski definition) is 0. The molecule has 6 heteroatoms. The van der Waals surface area contributed by atoms with Gasteiger partial charge in [0, 0.05) is 37.7 Å². The number of likely N-dealkylation sites (tertiary alicyclic amines) is 2. The summed E-state index contributed by atoms with van der Waals surface area (Å²) in [4.78, 5) is 30.2. The number of para-hydroxylation sites is 1. The maximum Gasteiger partial charge on any atom is 0.253 e. The van der Waals surface area contributed by atoms with Crippen LogP contribution in [0.5, 0.6) is 5.75 Å². The van der Waals surface area contributed by atoms with Gasteiger partial charge in [0.05, 0.1) is 13.0 Å². The van der Waals surface area contributed by atoms with Crippen molar-refractivity contribution in [2.24, 2.45) is 5.92 Å². The van der Waals surface area contributed by atoms with Crippen LogP contribution < -0.4 is 4.74 Å². The van der Waals surface area contributed by atoms with Crippen LogP contribution >= 0.6 is 0 Å². The zero-order valence-electron chi connectivity index (χ0n) is 17.2. The Morgan fingerprint density at radius 3 is 2.33 bits per heavy atom. The van der Waals surface area contributed by atoms with Crippen molar-refractivity contribution >= 4 is 11.8 Å². The summed E-state index contributed by atoms with van der Waals surface area (Å²) < 4.78 is 18.8. The van der Waals surface area contributed by atoms with E-state index in [1.165, 1.54) is 24.3 Å². The van der Waals surface area contributed by atoms with Crippen molar-refractivity contribution in [1.29, 1.82) is 0 Å². The predicted molar refractivity (Wildman–Crippen MR) is 112 cm³/mol. The summed E-state index contributed by atoms with van der Waals surface area (Å²) in [5.74, 6) is -0.166. The van der Waals surface area contributed by atoms with Crippen molar-refractivity contribution < 1.29 is 18.7 Å². The number of halogens is 1. The van der Waals surface area contributed by atoms with E-state index in [-0.39, 0.29) is 29.5 Å². The number of nitrogens with zero attached hydrogens (tertiary/aromatic N) is 2. The first-order valence-corrected chi connectivity index (χ1v) is 10.5. The maximum atomic E-state index is 13.4. The van der Waals surface area contributed by atoms with Crippen molar-refractivity contribution in [2.75, 3.05) is 33.3 Å². The molecular formula is C24H27FN2O3. The van der Waals surface area contributed by atoms with Crippen LogP contribution in [-0.2, 0) is 4.79 Å². The van der Waals surface area contributed by atoms with E-state index in [4.69, 9.17) is 4.74 Å². The van der Waals surface area contributed by atoms with Gasteiger partial charge >= 0.3 is 0 Å². The van der Waals surface area contributed by atoms with Crippen LogP contribution in [0.2, 0.25) is 0 Å². The summed E-state index contributed by atoms with van der Waals surface area (Å²) in [7, 11) is 1.62. The van der Waals surface area contributed by atoms with Gasteiger partial charge in [0.1, 0.15) is 11.6 Å². The van der Waals surface area contributed by atoms with E-state index >= 15 is 0 Å². The average Bonchev–Trinajstić information content (AvgIpc) is 3.24. The minimum absolute atomic E-state index is 0.111. The Kier molecular flexibility index (Phi) is 6.02. The van der Waals surface area contributed by atoms with Crippen LogP contribution in [0.1, 0.15) is 41.1 Å². The monoisotopic (exact) mass is 410 g/mol. The Balaban J connectivity index is 1.63. The molecule has 0 aliphatic carbocycles. The van der Waals surface area contributed by atoms with Crippen LogP contribution in [0.15, 0.2) is 48.5 Å². The third-order valence-corrected chi connectivity index (χ3v) is 6.22. The number of ether oxygens (including phenoxy) is 1. The van der Waals surface area contributed by atoms with Crippen LogP contribution in [0.4, 0.5) is 4.39 Å². The molecule has 158 valence electrons. The largest absolute Gasteiger partial charge is 0.496 e. The first kappa shape index (κ1) is 20.4. The van der Waals surface area contributed by atoms with E-state index in [9.17, 15) is 14.0 Å². The molecular weight excluding hydrogens is 383 g/mol. The molecule has 0 bridgehead atoms. The normalized spacial score (nSPS) is 21.5. The molecule has 2 heterocycles. The van der Waals surface area contributed by atoms with Crippen molar-refractivity contribution in [1.82, 2.24) is 9.80 Å². The van der Waals surface area contributed by atoms with Gasteiger partial charge < -0.3 is 14.5 Å². The minimum Gasteiger partial charge on any atom is -0.496 e. The van der Waals surface area contributed by atoms with E-state index in [1.54, 1.807) is 12.0 Å². The van der Waals surface area contributed by atoms with Gasteiger partial charge in [-0.3, -0.25) is 9.59 Å². The molecule has 30 heavy (non-hydrogen) atoms. The molecule has 2 fully saturated rings. The van der Waals surface area contributed by atoms with Gasteiger partial charge in [0.25, 0.3) is 5.91 Å². The van der Waals surface area contributed by atoms with E-state index in [1.807, 2.05) is 29.2 Å². The lowest BCUT2D eigenvalue weighted by atomic mass is 9.87. The number of rotatable bonds is 4. The quantitative estimate of drug-likeness (QED) is 0.772. The summed E-state index contributed by atoms with van der Waals surface area (Å²) in [6, 6.07) is 13.3. The molecule has 0 spiro atoms. The highest BCUT2D eigenvalue weighted by molar-refractivity contribution is 5.95. The molecule has 0 aromatic heterocycles. The molecule has 2 aliphatic rings. The first-order valence-electron chi connectivity index (χ1n) is 10.5. The number of carbonyl (C=O) groups is 2. The van der Waals surface area contributed by atoms with Crippen molar-refractivity contribution in [2.45, 2.75) is 25.2 Å². The molecule has 2 aromatic rings. The van der Waals surface area contributed by atoms with Crippen LogP contribution in [0, 0.1) is 11.7 Å². The Morgan fingerprint density at radius 2 is 1.63 bits per heavy atom. The van der Waals surface area contributed by atoms with Gasteiger partial charge in [-0.15, -0.1) is 0 Å². The Morgan fingerprint density at radius 1 is 0.933 bits per heavy atom. The highest BCUT2D eigenvalue weighted by Crippen LogP contribution is 2.39. The second-order valence-electron chi connectivity index (χ2n) is 8.06. The van der Waals surface area contributed by atoms with Crippen molar-refractivity contribution in [3.63, 3.8) is 0 Å². The van der Waals surface area contributed by atoms with Crippen molar-refractivity contribution in [3.8, 4) is 5.75 Å². The predicted octanol–water partition coefficient (Wildman–Crippen LogP) is 3.70. The highest BCUT2D eigenvalue weighted by Gasteiger charge is 2.43. The smallest absolute Gasteiger partial charge is 0.253 e. The number of carbonyl (C=O) groups excluding carboxylic acids is 2. The Labute approximate surface area is 176 Å². The molecule has 5 nitrogen and oxygen atoms in total. The fourth-order valence-corrected chi connectivity index (χ4v) is 4.63. The standard InChI is InChI=1S/C24H27FN2O3/c1-30-22-8-4-3-7-19(22)20-15-27(23(28)17-9-11-18(25)12-10-17)16-21(20)24(29)26-13-5-2-6-14-26/h3-4,7-12,20-21H,2,5-6,13-16H2,1H3. The molecule has 0 saturated carbocycles.